The lowest BCUT2D eigenvalue weighted by atomic mass is 9.98. The van der Waals surface area contributed by atoms with Crippen molar-refractivity contribution in [3.63, 3.8) is 0 Å². The number of H-pyrrole nitrogens is 1. The van der Waals surface area contributed by atoms with E-state index in [2.05, 4.69) is 33.6 Å². The Bertz CT molecular complexity index is 618. The number of nitrogens with one attached hydrogen (secondary N) is 1. The van der Waals surface area contributed by atoms with Crippen molar-refractivity contribution < 1.29 is 4.79 Å². The molecule has 3 rings (SSSR count). The number of aromatic amines is 1. The van der Waals surface area contributed by atoms with Crippen LogP contribution in [0.5, 0.6) is 0 Å². The molecular weight excluding hydrogens is 272 g/mol. The summed E-state index contributed by atoms with van der Waals surface area (Å²) in [5, 5.41) is 8.98. The summed E-state index contributed by atoms with van der Waals surface area (Å²) in [6.07, 6.45) is 2.60. The standard InChI is InChI=1S/C14H18N4OS/c1-3-10-9-6-8-20-11(9)5-7-18(10)14(19)13-15-12(4-2)16-17-13/h6,8,10H,3-5,7H2,1-2H3,(H,15,16,17). The van der Waals surface area contributed by atoms with Gasteiger partial charge >= 0.3 is 0 Å². The van der Waals surface area contributed by atoms with E-state index in [1.54, 1.807) is 11.3 Å². The molecule has 0 saturated carbocycles. The number of aryl methyl sites for hydroxylation is 1. The zero-order chi connectivity index (χ0) is 14.1. The van der Waals surface area contributed by atoms with Crippen molar-refractivity contribution >= 4 is 17.2 Å². The van der Waals surface area contributed by atoms with Crippen LogP contribution in [0.3, 0.4) is 0 Å². The summed E-state index contributed by atoms with van der Waals surface area (Å²) >= 11 is 1.79. The minimum absolute atomic E-state index is 0.0651. The van der Waals surface area contributed by atoms with Crippen molar-refractivity contribution in [2.75, 3.05) is 6.54 Å². The van der Waals surface area contributed by atoms with Gasteiger partial charge in [-0.15, -0.1) is 16.4 Å². The number of fused-ring (bicyclic) bond motifs is 1. The third kappa shape index (κ3) is 2.14. The number of rotatable bonds is 3. The van der Waals surface area contributed by atoms with Gasteiger partial charge in [0.2, 0.25) is 5.82 Å². The van der Waals surface area contributed by atoms with E-state index in [9.17, 15) is 4.79 Å². The Morgan fingerprint density at radius 3 is 3.10 bits per heavy atom. The molecule has 3 heterocycles. The normalized spacial score (nSPS) is 18.1. The molecule has 0 saturated heterocycles. The van der Waals surface area contributed by atoms with Crippen molar-refractivity contribution in [1.29, 1.82) is 0 Å². The third-order valence-corrected chi connectivity index (χ3v) is 4.80. The maximum absolute atomic E-state index is 12.6. The third-order valence-electron chi connectivity index (χ3n) is 3.80. The monoisotopic (exact) mass is 290 g/mol. The van der Waals surface area contributed by atoms with Crippen LogP contribution in [0.15, 0.2) is 11.4 Å². The van der Waals surface area contributed by atoms with Gasteiger partial charge in [0.05, 0.1) is 6.04 Å². The first-order valence-electron chi connectivity index (χ1n) is 7.03. The lowest BCUT2D eigenvalue weighted by molar-refractivity contribution is 0.0645. The van der Waals surface area contributed by atoms with Gasteiger partial charge in [-0.05, 0) is 29.9 Å². The molecule has 0 aliphatic carbocycles. The Morgan fingerprint density at radius 2 is 2.40 bits per heavy atom. The molecule has 0 spiro atoms. The number of nitrogens with zero attached hydrogens (tertiary/aromatic N) is 3. The summed E-state index contributed by atoms with van der Waals surface area (Å²) in [6.45, 7) is 4.86. The molecule has 1 N–H and O–H groups in total. The lowest BCUT2D eigenvalue weighted by Gasteiger charge is -2.34. The predicted octanol–water partition coefficient (Wildman–Crippen LogP) is 2.58. The predicted molar refractivity (Wildman–Crippen MR) is 77.9 cm³/mol. The van der Waals surface area contributed by atoms with E-state index in [4.69, 9.17) is 0 Å². The Balaban J connectivity index is 1.88. The van der Waals surface area contributed by atoms with E-state index in [0.29, 0.717) is 5.82 Å². The minimum atomic E-state index is -0.0651. The number of aromatic nitrogens is 3. The first-order chi connectivity index (χ1) is 9.74. The van der Waals surface area contributed by atoms with Crippen LogP contribution >= 0.6 is 11.3 Å². The highest BCUT2D eigenvalue weighted by Gasteiger charge is 2.32. The van der Waals surface area contributed by atoms with E-state index in [1.165, 1.54) is 10.4 Å². The fourth-order valence-electron chi connectivity index (χ4n) is 2.76. The van der Waals surface area contributed by atoms with E-state index in [0.717, 1.165) is 31.6 Å². The number of carbonyl (C=O) groups excluding carboxylic acids is 1. The molecule has 0 radical (unpaired) electrons. The molecule has 2 aromatic rings. The summed E-state index contributed by atoms with van der Waals surface area (Å²) in [7, 11) is 0. The molecule has 20 heavy (non-hydrogen) atoms. The molecule has 1 aliphatic rings. The van der Waals surface area contributed by atoms with Crippen LogP contribution in [-0.4, -0.2) is 32.5 Å². The van der Waals surface area contributed by atoms with Gasteiger partial charge in [-0.25, -0.2) is 4.98 Å². The first-order valence-corrected chi connectivity index (χ1v) is 7.91. The lowest BCUT2D eigenvalue weighted by Crippen LogP contribution is -2.39. The van der Waals surface area contributed by atoms with Crippen LogP contribution in [0.25, 0.3) is 0 Å². The van der Waals surface area contributed by atoms with Gasteiger partial charge in [0.15, 0.2) is 0 Å². The zero-order valence-corrected chi connectivity index (χ0v) is 12.5. The van der Waals surface area contributed by atoms with Crippen LogP contribution in [0.4, 0.5) is 0 Å². The van der Waals surface area contributed by atoms with Crippen LogP contribution in [-0.2, 0) is 12.8 Å². The molecule has 1 atom stereocenters. The van der Waals surface area contributed by atoms with Gasteiger partial charge in [-0.2, -0.15) is 0 Å². The molecule has 0 aromatic carbocycles. The van der Waals surface area contributed by atoms with E-state index in [-0.39, 0.29) is 11.9 Å². The van der Waals surface area contributed by atoms with Gasteiger partial charge in [-0.3, -0.25) is 9.89 Å². The van der Waals surface area contributed by atoms with Gasteiger partial charge in [0.1, 0.15) is 5.82 Å². The van der Waals surface area contributed by atoms with Gasteiger partial charge in [-0.1, -0.05) is 13.8 Å². The molecule has 1 amide bonds. The Hall–Kier alpha value is -1.69. The van der Waals surface area contributed by atoms with Crippen LogP contribution in [0.2, 0.25) is 0 Å². The summed E-state index contributed by atoms with van der Waals surface area (Å²) in [5.74, 6) is 0.984. The maximum Gasteiger partial charge on any atom is 0.294 e. The number of amides is 1. The number of thiophene rings is 1. The minimum Gasteiger partial charge on any atom is -0.328 e. The quantitative estimate of drug-likeness (QED) is 0.945. The van der Waals surface area contributed by atoms with Gasteiger partial charge in [0.25, 0.3) is 5.91 Å². The molecule has 106 valence electrons. The second kappa shape index (κ2) is 5.36. The number of hydrogen-bond donors (Lipinski definition) is 1. The topological polar surface area (TPSA) is 61.9 Å². The van der Waals surface area contributed by atoms with Crippen molar-refractivity contribution in [3.05, 3.63) is 33.5 Å². The smallest absolute Gasteiger partial charge is 0.294 e. The molecule has 6 heteroatoms. The molecule has 2 aromatic heterocycles. The largest absolute Gasteiger partial charge is 0.328 e. The maximum atomic E-state index is 12.6. The number of hydrogen-bond acceptors (Lipinski definition) is 4. The van der Waals surface area contributed by atoms with E-state index in [1.807, 2.05) is 11.8 Å². The summed E-state index contributed by atoms with van der Waals surface area (Å²) in [6, 6.07) is 2.30. The average molecular weight is 290 g/mol. The zero-order valence-electron chi connectivity index (χ0n) is 11.7. The van der Waals surface area contributed by atoms with Crippen molar-refractivity contribution in [3.8, 4) is 0 Å². The molecule has 0 fully saturated rings. The molecule has 0 bridgehead atoms. The average Bonchev–Trinajstić information content (AvgIpc) is 3.13. The fraction of sp³-hybridized carbons (Fsp3) is 0.500. The van der Waals surface area contributed by atoms with Crippen LogP contribution in [0.1, 0.15) is 53.2 Å². The van der Waals surface area contributed by atoms with Crippen LogP contribution in [0, 0.1) is 0 Å². The Morgan fingerprint density at radius 1 is 1.55 bits per heavy atom. The van der Waals surface area contributed by atoms with Crippen LogP contribution < -0.4 is 0 Å². The Labute approximate surface area is 122 Å². The fourth-order valence-corrected chi connectivity index (χ4v) is 3.69. The highest BCUT2D eigenvalue weighted by atomic mass is 32.1. The summed E-state index contributed by atoms with van der Waals surface area (Å²) in [4.78, 5) is 20.2. The highest BCUT2D eigenvalue weighted by Crippen LogP contribution is 2.35. The molecule has 1 unspecified atom stereocenters. The van der Waals surface area contributed by atoms with E-state index < -0.39 is 0 Å². The second-order valence-electron chi connectivity index (χ2n) is 4.93. The highest BCUT2D eigenvalue weighted by molar-refractivity contribution is 7.10. The summed E-state index contributed by atoms with van der Waals surface area (Å²) < 4.78 is 0. The van der Waals surface area contributed by atoms with Gasteiger partial charge in [0, 0.05) is 17.8 Å². The summed E-state index contributed by atoms with van der Waals surface area (Å²) in [5.41, 5.74) is 1.29. The van der Waals surface area contributed by atoms with Gasteiger partial charge < -0.3 is 4.90 Å². The first kappa shape index (κ1) is 13.3. The number of carbonyl (C=O) groups is 1. The molecule has 1 aliphatic heterocycles. The molecule has 5 nitrogen and oxygen atoms in total. The van der Waals surface area contributed by atoms with Crippen molar-refractivity contribution in [2.24, 2.45) is 0 Å². The molecular formula is C14H18N4OS. The van der Waals surface area contributed by atoms with E-state index >= 15 is 0 Å². The Kier molecular flexibility index (Phi) is 3.56. The van der Waals surface area contributed by atoms with Crippen molar-refractivity contribution in [2.45, 2.75) is 39.2 Å². The SMILES string of the molecule is CCc1nc(C(=O)N2CCc3sccc3C2CC)n[nH]1. The van der Waals surface area contributed by atoms with Crippen molar-refractivity contribution in [1.82, 2.24) is 20.1 Å². The second-order valence-corrected chi connectivity index (χ2v) is 5.93.